The topological polar surface area (TPSA) is 76.7 Å². The number of carbonyl (C=O) groups is 1. The van der Waals surface area contributed by atoms with E-state index in [2.05, 4.69) is 0 Å². The zero-order valence-corrected chi connectivity index (χ0v) is 10.3. The number of hydrogen-bond donors (Lipinski definition) is 1. The van der Waals surface area contributed by atoms with Gasteiger partial charge in [0.1, 0.15) is 29.6 Å². The highest BCUT2D eigenvalue weighted by atomic mass is 16.5. The van der Waals surface area contributed by atoms with Crippen LogP contribution < -0.4 is 10.4 Å². The number of rotatable bonds is 2. The van der Waals surface area contributed by atoms with Crippen molar-refractivity contribution in [2.24, 2.45) is 0 Å². The standard InChI is InChI=1S/C14H14O5/c15-13(16)7-9-6-12-10(14(17)18-9)5-8-3-1-2-4-11(8)19-12/h5-6,11H,1-4,7H2,(H,15,16)/t11-/m0/s1. The van der Waals surface area contributed by atoms with Crippen molar-refractivity contribution in [2.75, 3.05) is 0 Å². The Kier molecular flexibility index (Phi) is 2.89. The lowest BCUT2D eigenvalue weighted by Crippen LogP contribution is -2.27. The molecule has 1 fully saturated rings. The first-order chi connectivity index (χ1) is 9.13. The van der Waals surface area contributed by atoms with E-state index in [1.165, 1.54) is 6.07 Å². The van der Waals surface area contributed by atoms with Crippen molar-refractivity contribution in [3.63, 3.8) is 0 Å². The molecule has 3 rings (SSSR count). The summed E-state index contributed by atoms with van der Waals surface area (Å²) < 4.78 is 10.8. The van der Waals surface area contributed by atoms with E-state index in [0.29, 0.717) is 11.3 Å². The van der Waals surface area contributed by atoms with Gasteiger partial charge in [-0.3, -0.25) is 4.79 Å². The Labute approximate surface area is 109 Å². The lowest BCUT2D eigenvalue weighted by molar-refractivity contribution is -0.136. The Morgan fingerprint density at radius 1 is 1.42 bits per heavy atom. The van der Waals surface area contributed by atoms with Crippen LogP contribution in [-0.4, -0.2) is 17.2 Å². The van der Waals surface area contributed by atoms with Gasteiger partial charge in [-0.1, -0.05) is 0 Å². The Bertz CT molecular complexity index is 611. The summed E-state index contributed by atoms with van der Waals surface area (Å²) in [7, 11) is 0. The maximum atomic E-state index is 11.9. The van der Waals surface area contributed by atoms with E-state index >= 15 is 0 Å². The molecule has 5 nitrogen and oxygen atoms in total. The molecule has 1 N–H and O–H groups in total. The molecule has 0 saturated heterocycles. The summed E-state index contributed by atoms with van der Waals surface area (Å²) in [6.45, 7) is 0. The lowest BCUT2D eigenvalue weighted by atomic mass is 9.89. The third-order valence-corrected chi connectivity index (χ3v) is 3.52. The minimum absolute atomic E-state index is 0.0285. The predicted molar refractivity (Wildman–Crippen MR) is 67.2 cm³/mol. The van der Waals surface area contributed by atoms with Crippen LogP contribution in [0.2, 0.25) is 0 Å². The highest BCUT2D eigenvalue weighted by molar-refractivity contribution is 5.70. The largest absolute Gasteiger partial charge is 0.485 e. The molecule has 0 aromatic carbocycles. The molecule has 5 heteroatoms. The van der Waals surface area contributed by atoms with Gasteiger partial charge < -0.3 is 14.3 Å². The quantitative estimate of drug-likeness (QED) is 0.881. The van der Waals surface area contributed by atoms with E-state index in [4.69, 9.17) is 14.3 Å². The Hall–Kier alpha value is -2.04. The average Bonchev–Trinajstić information content (AvgIpc) is 2.36. The molecule has 0 spiro atoms. The fourth-order valence-electron chi connectivity index (χ4n) is 2.64. The van der Waals surface area contributed by atoms with Crippen LogP contribution in [0.3, 0.4) is 0 Å². The van der Waals surface area contributed by atoms with Gasteiger partial charge in [0.25, 0.3) is 0 Å². The summed E-state index contributed by atoms with van der Waals surface area (Å²) in [5.74, 6) is -0.458. The van der Waals surface area contributed by atoms with Crippen LogP contribution >= 0.6 is 0 Å². The van der Waals surface area contributed by atoms with Gasteiger partial charge >= 0.3 is 11.6 Å². The minimum atomic E-state index is -1.03. The highest BCUT2D eigenvalue weighted by Gasteiger charge is 2.27. The molecule has 0 bridgehead atoms. The van der Waals surface area contributed by atoms with Crippen LogP contribution in [0.25, 0.3) is 6.08 Å². The van der Waals surface area contributed by atoms with Crippen molar-refractivity contribution in [1.82, 2.24) is 0 Å². The van der Waals surface area contributed by atoms with Gasteiger partial charge in [0.15, 0.2) is 0 Å². The van der Waals surface area contributed by atoms with Crippen LogP contribution in [0, 0.1) is 0 Å². The second kappa shape index (κ2) is 4.57. The highest BCUT2D eigenvalue weighted by Crippen LogP contribution is 2.35. The zero-order valence-electron chi connectivity index (χ0n) is 10.3. The van der Waals surface area contributed by atoms with Crippen molar-refractivity contribution >= 4 is 12.0 Å². The van der Waals surface area contributed by atoms with Crippen molar-refractivity contribution in [3.05, 3.63) is 33.4 Å². The SMILES string of the molecule is O=C(O)Cc1cc2c(c(=O)o1)C=C1CCCC[C@@H]1O2. The van der Waals surface area contributed by atoms with E-state index in [0.717, 1.165) is 31.3 Å². The van der Waals surface area contributed by atoms with Crippen LogP contribution in [0.1, 0.15) is 37.0 Å². The zero-order chi connectivity index (χ0) is 13.4. The van der Waals surface area contributed by atoms with Crippen LogP contribution in [0.15, 0.2) is 20.9 Å². The molecule has 2 heterocycles. The maximum absolute atomic E-state index is 11.9. The summed E-state index contributed by atoms with van der Waals surface area (Å²) in [5.41, 5.74) is 1.02. The second-order valence-corrected chi connectivity index (χ2v) is 4.92. The number of fused-ring (bicyclic) bond motifs is 2. The van der Waals surface area contributed by atoms with Crippen LogP contribution in [0.5, 0.6) is 5.75 Å². The fourth-order valence-corrected chi connectivity index (χ4v) is 2.64. The third-order valence-electron chi connectivity index (χ3n) is 3.52. The summed E-state index contributed by atoms with van der Waals surface area (Å²) in [6, 6.07) is 1.52. The van der Waals surface area contributed by atoms with Gasteiger partial charge in [-0.2, -0.15) is 0 Å². The molecular weight excluding hydrogens is 248 g/mol. The van der Waals surface area contributed by atoms with E-state index in [9.17, 15) is 9.59 Å². The molecule has 19 heavy (non-hydrogen) atoms. The van der Waals surface area contributed by atoms with Crippen molar-refractivity contribution < 1.29 is 19.1 Å². The lowest BCUT2D eigenvalue weighted by Gasteiger charge is -2.30. The molecular formula is C14H14O5. The van der Waals surface area contributed by atoms with Crippen molar-refractivity contribution in [1.29, 1.82) is 0 Å². The minimum Gasteiger partial charge on any atom is -0.485 e. The van der Waals surface area contributed by atoms with Crippen molar-refractivity contribution in [3.8, 4) is 5.75 Å². The summed E-state index contributed by atoms with van der Waals surface area (Å²) in [6.07, 6.45) is 5.68. The number of carboxylic acid groups (broad SMARTS) is 1. The van der Waals surface area contributed by atoms with E-state index in [1.807, 2.05) is 6.08 Å². The molecule has 1 aliphatic heterocycles. The number of carboxylic acids is 1. The van der Waals surface area contributed by atoms with Gasteiger partial charge in [-0.15, -0.1) is 0 Å². The van der Waals surface area contributed by atoms with Crippen LogP contribution in [-0.2, 0) is 11.2 Å². The third kappa shape index (κ3) is 2.28. The van der Waals surface area contributed by atoms with Gasteiger partial charge in [-0.05, 0) is 37.3 Å². The molecule has 1 aromatic heterocycles. The van der Waals surface area contributed by atoms with Gasteiger partial charge in [0, 0.05) is 6.07 Å². The summed E-state index contributed by atoms with van der Waals surface area (Å²) >= 11 is 0. The maximum Gasteiger partial charge on any atom is 0.347 e. The summed E-state index contributed by atoms with van der Waals surface area (Å²) in [4.78, 5) is 22.5. The fraction of sp³-hybridized carbons (Fsp3) is 0.429. The van der Waals surface area contributed by atoms with E-state index in [-0.39, 0.29) is 18.3 Å². The van der Waals surface area contributed by atoms with Crippen molar-refractivity contribution in [2.45, 2.75) is 38.2 Å². The number of hydrogen-bond acceptors (Lipinski definition) is 4. The molecule has 0 unspecified atom stereocenters. The molecule has 0 radical (unpaired) electrons. The average molecular weight is 262 g/mol. The Balaban J connectivity index is 2.02. The number of ether oxygens (including phenoxy) is 1. The van der Waals surface area contributed by atoms with Gasteiger partial charge in [0.05, 0.1) is 0 Å². The molecule has 2 aliphatic rings. The Morgan fingerprint density at radius 3 is 3.05 bits per heavy atom. The molecule has 0 amide bonds. The Morgan fingerprint density at radius 2 is 2.26 bits per heavy atom. The predicted octanol–water partition coefficient (Wildman–Crippen LogP) is 1.99. The van der Waals surface area contributed by atoms with Crippen LogP contribution in [0.4, 0.5) is 0 Å². The second-order valence-electron chi connectivity index (χ2n) is 4.92. The van der Waals surface area contributed by atoms with Gasteiger partial charge in [-0.25, -0.2) is 4.79 Å². The van der Waals surface area contributed by atoms with Gasteiger partial charge in [0.2, 0.25) is 0 Å². The van der Waals surface area contributed by atoms with E-state index < -0.39 is 11.6 Å². The smallest absolute Gasteiger partial charge is 0.347 e. The first-order valence-electron chi connectivity index (χ1n) is 6.39. The normalized spacial score (nSPS) is 20.8. The monoisotopic (exact) mass is 262 g/mol. The van der Waals surface area contributed by atoms with E-state index in [1.54, 1.807) is 0 Å². The molecule has 1 aliphatic carbocycles. The number of aliphatic carboxylic acids is 1. The summed E-state index contributed by atoms with van der Waals surface area (Å²) in [5, 5.41) is 8.73. The first-order valence-corrected chi connectivity index (χ1v) is 6.39. The molecule has 1 saturated carbocycles. The first kappa shape index (κ1) is 12.0. The molecule has 100 valence electrons. The molecule has 1 aromatic rings. The molecule has 1 atom stereocenters.